The second-order valence-corrected chi connectivity index (χ2v) is 12.2. The summed E-state index contributed by atoms with van der Waals surface area (Å²) < 4.78 is 60.8. The van der Waals surface area contributed by atoms with E-state index >= 15 is 4.39 Å². The molecule has 1 unspecified atom stereocenters. The van der Waals surface area contributed by atoms with E-state index in [4.69, 9.17) is 4.74 Å². The summed E-state index contributed by atoms with van der Waals surface area (Å²) in [7, 11) is -1.96. The number of ether oxygens (including phenoxy) is 1. The fraction of sp³-hybridized carbons (Fsp3) is 0.276. The molecule has 3 heterocycles. The fourth-order valence-corrected chi connectivity index (χ4v) is 6.20. The van der Waals surface area contributed by atoms with Crippen LogP contribution in [0.5, 0.6) is 0 Å². The molecule has 0 saturated carbocycles. The molecule has 13 heteroatoms. The number of pyridine rings is 1. The van der Waals surface area contributed by atoms with Crippen LogP contribution in [0.25, 0.3) is 22.0 Å². The van der Waals surface area contributed by atoms with E-state index < -0.39 is 44.9 Å². The maximum absolute atomic E-state index is 15.6. The summed E-state index contributed by atoms with van der Waals surface area (Å²) >= 11 is 0. The molecule has 2 aromatic heterocycles. The van der Waals surface area contributed by atoms with Crippen LogP contribution in [0.1, 0.15) is 41.5 Å². The van der Waals surface area contributed by atoms with Crippen molar-refractivity contribution in [2.75, 3.05) is 24.3 Å². The molecule has 0 aliphatic carbocycles. The van der Waals surface area contributed by atoms with Crippen molar-refractivity contribution in [2.45, 2.75) is 25.6 Å². The minimum atomic E-state index is -3.47. The van der Waals surface area contributed by atoms with Crippen LogP contribution in [-0.4, -0.2) is 49.3 Å². The number of carbonyl (C=O) groups is 2. The van der Waals surface area contributed by atoms with Gasteiger partial charge in [0.05, 0.1) is 23.7 Å². The summed E-state index contributed by atoms with van der Waals surface area (Å²) in [5.74, 6) is -3.63. The van der Waals surface area contributed by atoms with Gasteiger partial charge in [0.1, 0.15) is 22.8 Å². The van der Waals surface area contributed by atoms with Gasteiger partial charge in [-0.25, -0.2) is 22.0 Å². The number of rotatable bonds is 7. The van der Waals surface area contributed by atoms with Crippen LogP contribution in [-0.2, 0) is 32.2 Å². The topological polar surface area (TPSA) is 131 Å². The SMILES string of the molecule is CCNC(=O)c1[nH]c2c(=O)n(C)cc3c2c1C(C(=O)OCC)N(c1ccc(F)cc1F)c1ccc(CS(C)(=O)=O)cc1-3. The molecule has 1 aliphatic rings. The van der Waals surface area contributed by atoms with E-state index in [0.29, 0.717) is 22.8 Å². The highest BCUT2D eigenvalue weighted by Crippen LogP contribution is 2.50. The molecule has 1 amide bonds. The number of hydrogen-bond acceptors (Lipinski definition) is 7. The van der Waals surface area contributed by atoms with Crippen molar-refractivity contribution in [2.24, 2.45) is 7.05 Å². The molecule has 0 fully saturated rings. The molecule has 5 rings (SSSR count). The summed E-state index contributed by atoms with van der Waals surface area (Å²) in [6, 6.07) is 6.00. The van der Waals surface area contributed by atoms with Gasteiger partial charge in [0.15, 0.2) is 15.9 Å². The minimum Gasteiger partial charge on any atom is -0.464 e. The van der Waals surface area contributed by atoms with Gasteiger partial charge in [-0.2, -0.15) is 0 Å². The Balaban J connectivity index is 2.00. The molecule has 220 valence electrons. The van der Waals surface area contributed by atoms with Crippen LogP contribution in [0.3, 0.4) is 0 Å². The fourth-order valence-electron chi connectivity index (χ4n) is 5.41. The average molecular weight is 599 g/mol. The van der Waals surface area contributed by atoms with Crippen molar-refractivity contribution in [1.29, 1.82) is 0 Å². The first kappa shape index (κ1) is 29.0. The standard InChI is InChI=1S/C29H28F2N4O6S/c1-5-32-27(36)24-23-22-18(13-34(3)28(37)25(22)33-24)17-11-15(14-42(4,39)40)7-9-20(17)35(26(23)29(38)41-6-2)21-10-8-16(30)12-19(21)31/h7-13,26,33H,5-6,14H2,1-4H3,(H,32,36). The van der Waals surface area contributed by atoms with E-state index in [1.165, 1.54) is 34.8 Å². The Morgan fingerprint density at radius 3 is 2.43 bits per heavy atom. The number of carbonyl (C=O) groups excluding carboxylic acids is 2. The number of nitrogens with one attached hydrogen (secondary N) is 2. The maximum Gasteiger partial charge on any atom is 0.333 e. The van der Waals surface area contributed by atoms with Crippen molar-refractivity contribution in [3.8, 4) is 11.1 Å². The molecule has 0 spiro atoms. The van der Waals surface area contributed by atoms with Crippen molar-refractivity contribution in [3.05, 3.63) is 81.4 Å². The molecular weight excluding hydrogens is 570 g/mol. The Hall–Kier alpha value is -4.52. The third kappa shape index (κ3) is 4.93. The van der Waals surface area contributed by atoms with Crippen LogP contribution in [0.2, 0.25) is 0 Å². The van der Waals surface area contributed by atoms with E-state index in [-0.39, 0.29) is 52.4 Å². The minimum absolute atomic E-state index is 0.0152. The van der Waals surface area contributed by atoms with Crippen molar-refractivity contribution in [1.82, 2.24) is 14.9 Å². The zero-order valence-electron chi connectivity index (χ0n) is 23.2. The summed E-state index contributed by atoms with van der Waals surface area (Å²) in [6.07, 6.45) is 2.60. The van der Waals surface area contributed by atoms with E-state index in [2.05, 4.69) is 10.3 Å². The predicted molar refractivity (Wildman–Crippen MR) is 153 cm³/mol. The number of halogens is 2. The molecule has 2 aromatic carbocycles. The number of anilines is 2. The molecule has 2 N–H and O–H groups in total. The van der Waals surface area contributed by atoms with E-state index in [9.17, 15) is 27.2 Å². The first-order valence-corrected chi connectivity index (χ1v) is 15.2. The van der Waals surface area contributed by atoms with Crippen LogP contribution in [0, 0.1) is 11.6 Å². The third-order valence-electron chi connectivity index (χ3n) is 6.98. The number of aromatic amines is 1. The molecule has 1 aliphatic heterocycles. The van der Waals surface area contributed by atoms with Gasteiger partial charge in [-0.15, -0.1) is 0 Å². The van der Waals surface area contributed by atoms with Gasteiger partial charge in [0, 0.05) is 54.2 Å². The predicted octanol–water partition coefficient (Wildman–Crippen LogP) is 3.86. The normalized spacial score (nSPS) is 14.4. The van der Waals surface area contributed by atoms with Crippen LogP contribution >= 0.6 is 0 Å². The summed E-state index contributed by atoms with van der Waals surface area (Å²) in [5, 5.41) is 2.90. The second-order valence-electron chi connectivity index (χ2n) is 10.0. The quantitative estimate of drug-likeness (QED) is 0.309. The highest BCUT2D eigenvalue weighted by molar-refractivity contribution is 7.89. The number of esters is 1. The van der Waals surface area contributed by atoms with Gasteiger partial charge < -0.3 is 24.5 Å². The van der Waals surface area contributed by atoms with Crippen LogP contribution < -0.4 is 15.8 Å². The van der Waals surface area contributed by atoms with E-state index in [1.54, 1.807) is 19.9 Å². The monoisotopic (exact) mass is 598 g/mol. The Morgan fingerprint density at radius 1 is 1.07 bits per heavy atom. The number of fused-ring (bicyclic) bond motifs is 2. The highest BCUT2D eigenvalue weighted by Gasteiger charge is 2.42. The Morgan fingerprint density at radius 2 is 1.79 bits per heavy atom. The molecule has 42 heavy (non-hydrogen) atoms. The molecule has 0 radical (unpaired) electrons. The lowest BCUT2D eigenvalue weighted by atomic mass is 9.97. The first-order chi connectivity index (χ1) is 19.9. The zero-order valence-corrected chi connectivity index (χ0v) is 24.1. The summed E-state index contributed by atoms with van der Waals surface area (Å²) in [6.45, 7) is 3.46. The van der Waals surface area contributed by atoms with Gasteiger partial charge in [-0.05, 0) is 43.7 Å². The molecule has 10 nitrogen and oxygen atoms in total. The first-order valence-electron chi connectivity index (χ1n) is 13.1. The van der Waals surface area contributed by atoms with E-state index in [1.807, 2.05) is 0 Å². The van der Waals surface area contributed by atoms with Crippen molar-refractivity contribution < 1.29 is 31.5 Å². The van der Waals surface area contributed by atoms with Gasteiger partial charge in [0.25, 0.3) is 11.5 Å². The largest absolute Gasteiger partial charge is 0.464 e. The summed E-state index contributed by atoms with van der Waals surface area (Å²) in [4.78, 5) is 44.8. The van der Waals surface area contributed by atoms with E-state index in [0.717, 1.165) is 18.4 Å². The number of hydrogen-bond donors (Lipinski definition) is 2. The number of nitrogens with zero attached hydrogens (tertiary/aromatic N) is 2. The zero-order chi connectivity index (χ0) is 30.5. The third-order valence-corrected chi connectivity index (χ3v) is 7.84. The highest BCUT2D eigenvalue weighted by atomic mass is 32.2. The lowest BCUT2D eigenvalue weighted by Crippen LogP contribution is -2.34. The lowest BCUT2D eigenvalue weighted by Gasteiger charge is -2.33. The molecule has 4 aromatic rings. The van der Waals surface area contributed by atoms with Crippen molar-refractivity contribution >= 4 is 44.0 Å². The van der Waals surface area contributed by atoms with Crippen molar-refractivity contribution in [3.63, 3.8) is 0 Å². The average Bonchev–Trinajstić information content (AvgIpc) is 3.25. The smallest absolute Gasteiger partial charge is 0.333 e. The molecule has 0 saturated heterocycles. The molecular formula is C29H28F2N4O6S. The number of amides is 1. The molecule has 1 atom stereocenters. The number of aryl methyl sites for hydroxylation is 1. The Bertz CT molecular complexity index is 1930. The number of H-pyrrole nitrogens is 1. The van der Waals surface area contributed by atoms with Gasteiger partial charge in [-0.1, -0.05) is 6.07 Å². The Labute approximate surface area is 239 Å². The number of sulfone groups is 1. The summed E-state index contributed by atoms with van der Waals surface area (Å²) in [5.41, 5.74) is 0.653. The maximum atomic E-state index is 15.6. The number of aromatic nitrogens is 2. The number of benzene rings is 2. The van der Waals surface area contributed by atoms with Crippen LogP contribution in [0.15, 0.2) is 47.4 Å². The molecule has 0 bridgehead atoms. The Kier molecular flexibility index (Phi) is 7.39. The lowest BCUT2D eigenvalue weighted by molar-refractivity contribution is -0.144. The van der Waals surface area contributed by atoms with Crippen LogP contribution in [0.4, 0.5) is 20.2 Å². The van der Waals surface area contributed by atoms with Gasteiger partial charge in [0.2, 0.25) is 0 Å². The second kappa shape index (κ2) is 10.7. The van der Waals surface area contributed by atoms with Gasteiger partial charge >= 0.3 is 5.97 Å². The van der Waals surface area contributed by atoms with Gasteiger partial charge in [-0.3, -0.25) is 9.59 Å².